The Morgan fingerprint density at radius 3 is 2.49 bits per heavy atom. The summed E-state index contributed by atoms with van der Waals surface area (Å²) in [6, 6.07) is -0.167. The largest absolute Gasteiger partial charge is 0.392 e. The minimum absolute atomic E-state index is 0.136. The molecular weight excluding hydrogens is 569 g/mol. The van der Waals surface area contributed by atoms with Crippen molar-refractivity contribution in [1.82, 2.24) is 15.3 Å². The molecule has 0 radical (unpaired) electrons. The highest BCUT2D eigenvalue weighted by atomic mass is 32.2. The molecule has 1 aliphatic heterocycles. The number of rotatable bonds is 16. The topological polar surface area (TPSA) is 69.2 Å². The zero-order chi connectivity index (χ0) is 32.6. The Labute approximate surface area is 261 Å². The Hall–Kier alpha value is -3.08. The summed E-state index contributed by atoms with van der Waals surface area (Å²) in [6.45, 7) is 18.5. The van der Waals surface area contributed by atoms with E-state index in [0.717, 1.165) is 34.4 Å². The van der Waals surface area contributed by atoms with E-state index in [-0.39, 0.29) is 23.8 Å². The van der Waals surface area contributed by atoms with Gasteiger partial charge in [0, 0.05) is 55.6 Å². The molecule has 6 nitrogen and oxygen atoms in total. The summed E-state index contributed by atoms with van der Waals surface area (Å²) < 4.78 is 38.2. The Bertz CT molecular complexity index is 1170. The Morgan fingerprint density at radius 1 is 1.23 bits per heavy atom. The molecule has 1 heterocycles. The van der Waals surface area contributed by atoms with Crippen LogP contribution in [0, 0.1) is 5.92 Å². The molecule has 0 saturated carbocycles. The van der Waals surface area contributed by atoms with Crippen LogP contribution in [0.15, 0.2) is 105 Å². The fourth-order valence-electron chi connectivity index (χ4n) is 4.05. The number of halogens is 3. The fraction of sp³-hybridized carbons (Fsp3) is 0.455. The number of thioether (sulfide) groups is 1. The molecule has 0 aromatic carbocycles. The number of nitrogens with two attached hydrogens (primary N) is 1. The zero-order valence-electron chi connectivity index (χ0n) is 26.7. The highest BCUT2D eigenvalue weighted by Gasteiger charge is 2.24. The van der Waals surface area contributed by atoms with E-state index in [4.69, 9.17) is 5.73 Å². The summed E-state index contributed by atoms with van der Waals surface area (Å²) in [4.78, 5) is 9.72. The highest BCUT2D eigenvalue weighted by molar-refractivity contribution is 8.04. The lowest BCUT2D eigenvalue weighted by Crippen LogP contribution is -2.40. The molecule has 1 aliphatic rings. The molecule has 2 atom stereocenters. The van der Waals surface area contributed by atoms with Gasteiger partial charge in [-0.1, -0.05) is 69.9 Å². The quantitative estimate of drug-likeness (QED) is 0.0793. The standard InChI is InChI=1S/C33H49F3N6S/c1-10-14-29(15-11-2)42(9)41(8)23-28(25(5)40-26(6)30-17-12-18-31(37)43-30)22-39-32(38-7)21-27(20-24(3)4)16-13-19-33(34,35)36/h10,12-18,20,22,24-25,31,40H,6-7,11,19,21,23,37H2,1-5,8-9H3/b14-10-,16-13-,27-20+,28-22-,29-15+,39-32?. The van der Waals surface area contributed by atoms with Gasteiger partial charge in [0.1, 0.15) is 5.84 Å². The summed E-state index contributed by atoms with van der Waals surface area (Å²) >= 11 is 1.53. The number of aliphatic imine (C=N–C) groups is 2. The summed E-state index contributed by atoms with van der Waals surface area (Å²) in [5.74, 6) is 0.546. The third-order valence-corrected chi connectivity index (χ3v) is 7.32. The lowest BCUT2D eigenvalue weighted by Gasteiger charge is -2.33. The van der Waals surface area contributed by atoms with Crippen molar-refractivity contribution in [2.45, 2.75) is 71.5 Å². The van der Waals surface area contributed by atoms with Gasteiger partial charge in [-0.25, -0.2) is 15.0 Å². The molecule has 0 spiro atoms. The van der Waals surface area contributed by atoms with Gasteiger partial charge in [0.2, 0.25) is 0 Å². The maximum atomic E-state index is 12.7. The van der Waals surface area contributed by atoms with Crippen LogP contribution in [0.4, 0.5) is 13.2 Å². The van der Waals surface area contributed by atoms with Crippen molar-refractivity contribution in [2.24, 2.45) is 21.6 Å². The van der Waals surface area contributed by atoms with E-state index in [1.54, 1.807) is 6.20 Å². The molecule has 0 fully saturated rings. The number of allylic oxidation sites excluding steroid dienone is 8. The van der Waals surface area contributed by atoms with Gasteiger partial charge < -0.3 is 16.1 Å². The molecule has 0 saturated heterocycles. The minimum Gasteiger partial charge on any atom is -0.378 e. The molecule has 1 rings (SSSR count). The molecule has 3 N–H and O–H groups in total. The van der Waals surface area contributed by atoms with Crippen LogP contribution in [0.5, 0.6) is 0 Å². The number of nitrogens with one attached hydrogen (secondary N) is 1. The maximum absolute atomic E-state index is 12.7. The van der Waals surface area contributed by atoms with E-state index in [1.165, 1.54) is 17.8 Å². The van der Waals surface area contributed by atoms with Crippen molar-refractivity contribution < 1.29 is 13.2 Å². The summed E-state index contributed by atoms with van der Waals surface area (Å²) in [5.41, 5.74) is 9.53. The van der Waals surface area contributed by atoms with Crippen molar-refractivity contribution in [3.8, 4) is 0 Å². The number of hydrogen-bond acceptors (Lipinski definition) is 6. The van der Waals surface area contributed by atoms with E-state index in [0.29, 0.717) is 18.0 Å². The lowest BCUT2D eigenvalue weighted by molar-refractivity contribution is -0.125. The molecule has 0 aliphatic carbocycles. The second kappa shape index (κ2) is 19.2. The van der Waals surface area contributed by atoms with Crippen LogP contribution in [0.2, 0.25) is 0 Å². The Kier molecular flexibility index (Phi) is 17.0. The Morgan fingerprint density at radius 2 is 1.93 bits per heavy atom. The SMILES string of the molecule is C=NC(CC(/C=C\CC(F)(F)F)=C/C(C)C)=N/C=C(/CN(C)N(C)C(/C=C\C)=C/CC)C(C)NC(=C)C1=CC=CC(N)S1. The third-order valence-electron chi connectivity index (χ3n) is 6.26. The molecular formula is C33H49F3N6S. The van der Waals surface area contributed by atoms with Gasteiger partial charge in [0.15, 0.2) is 0 Å². The van der Waals surface area contributed by atoms with E-state index in [2.05, 4.69) is 57.7 Å². The van der Waals surface area contributed by atoms with E-state index >= 15 is 0 Å². The molecule has 10 heteroatoms. The van der Waals surface area contributed by atoms with Crippen molar-refractivity contribution in [3.05, 3.63) is 94.9 Å². The highest BCUT2D eigenvalue weighted by Crippen LogP contribution is 2.28. The molecule has 0 bridgehead atoms. The second-order valence-electron chi connectivity index (χ2n) is 10.5. The average molecular weight is 619 g/mol. The van der Waals surface area contributed by atoms with E-state index in [1.807, 2.05) is 72.2 Å². The molecule has 2 unspecified atom stereocenters. The van der Waals surface area contributed by atoms with Gasteiger partial charge in [-0.3, -0.25) is 0 Å². The zero-order valence-corrected chi connectivity index (χ0v) is 27.5. The number of alkyl halides is 3. The van der Waals surface area contributed by atoms with Crippen LogP contribution >= 0.6 is 11.8 Å². The van der Waals surface area contributed by atoms with E-state index < -0.39 is 12.6 Å². The number of likely N-dealkylation sites (N-methyl/N-ethyl adjacent to an activating group) is 2. The van der Waals surface area contributed by atoms with Gasteiger partial charge in [-0.2, -0.15) is 13.2 Å². The number of nitrogens with zero attached hydrogens (tertiary/aromatic N) is 4. The van der Waals surface area contributed by atoms with Crippen LogP contribution in [0.1, 0.15) is 53.9 Å². The lowest BCUT2D eigenvalue weighted by atomic mass is 10.0. The van der Waals surface area contributed by atoms with Gasteiger partial charge in [-0.15, -0.1) is 11.8 Å². The molecule has 0 amide bonds. The number of amidine groups is 1. The van der Waals surface area contributed by atoms with Gasteiger partial charge >= 0.3 is 6.18 Å². The number of hydrogen-bond donors (Lipinski definition) is 2. The monoisotopic (exact) mass is 618 g/mol. The predicted octanol–water partition coefficient (Wildman–Crippen LogP) is 8.06. The normalized spacial score (nSPS) is 18.2. The molecule has 238 valence electrons. The van der Waals surface area contributed by atoms with E-state index in [9.17, 15) is 13.2 Å². The first kappa shape index (κ1) is 37.9. The first-order valence-corrected chi connectivity index (χ1v) is 15.3. The minimum atomic E-state index is -4.26. The number of hydrazine groups is 1. The second-order valence-corrected chi connectivity index (χ2v) is 11.7. The van der Waals surface area contributed by atoms with Gasteiger partial charge in [0.05, 0.1) is 11.8 Å². The first-order chi connectivity index (χ1) is 20.2. The van der Waals surface area contributed by atoms with Crippen molar-refractivity contribution in [3.63, 3.8) is 0 Å². The van der Waals surface area contributed by atoms with Crippen LogP contribution in [-0.4, -0.2) is 60.8 Å². The molecule has 0 aromatic heterocycles. The van der Waals surface area contributed by atoms with Crippen molar-refractivity contribution in [2.75, 3.05) is 20.6 Å². The molecule has 0 aromatic rings. The maximum Gasteiger partial charge on any atom is 0.392 e. The summed E-state index contributed by atoms with van der Waals surface area (Å²) in [7, 11) is 4.00. The third kappa shape index (κ3) is 15.3. The fourth-order valence-corrected chi connectivity index (χ4v) is 4.87. The van der Waals surface area contributed by atoms with Crippen molar-refractivity contribution >= 4 is 24.3 Å². The van der Waals surface area contributed by atoms with Crippen LogP contribution < -0.4 is 11.1 Å². The Balaban J connectivity index is 3.39. The smallest absolute Gasteiger partial charge is 0.378 e. The summed E-state index contributed by atoms with van der Waals surface area (Å²) in [5, 5.41) is 7.51. The van der Waals surface area contributed by atoms with Gasteiger partial charge in [-0.05, 0) is 56.2 Å². The van der Waals surface area contributed by atoms with Crippen LogP contribution in [0.3, 0.4) is 0 Å². The average Bonchev–Trinajstić information content (AvgIpc) is 2.92. The predicted molar refractivity (Wildman–Crippen MR) is 181 cm³/mol. The summed E-state index contributed by atoms with van der Waals surface area (Å²) in [6.07, 6.45) is 14.2. The van der Waals surface area contributed by atoms with Crippen molar-refractivity contribution in [1.29, 1.82) is 0 Å². The van der Waals surface area contributed by atoms with Gasteiger partial charge in [0.25, 0.3) is 0 Å². The van der Waals surface area contributed by atoms with Crippen LogP contribution in [0.25, 0.3) is 0 Å². The first-order valence-electron chi connectivity index (χ1n) is 14.4. The molecule has 43 heavy (non-hydrogen) atoms. The van der Waals surface area contributed by atoms with Crippen LogP contribution in [-0.2, 0) is 0 Å².